The van der Waals surface area contributed by atoms with Crippen LogP contribution in [0.4, 0.5) is 4.79 Å². The van der Waals surface area contributed by atoms with Crippen LogP contribution in [0.1, 0.15) is 44.5 Å². The van der Waals surface area contributed by atoms with Gasteiger partial charge in [0.05, 0.1) is 11.4 Å². The number of aryl methyl sites for hydroxylation is 1. The Labute approximate surface area is 160 Å². The van der Waals surface area contributed by atoms with Crippen molar-refractivity contribution in [3.8, 4) is 0 Å². The van der Waals surface area contributed by atoms with Crippen LogP contribution >= 0.6 is 0 Å². The number of nitrogens with zero attached hydrogens (tertiary/aromatic N) is 3. The molecular formula is C18H32N6O3. The molecule has 0 bridgehead atoms. The third-order valence-corrected chi connectivity index (χ3v) is 3.84. The topological polar surface area (TPSA) is 131 Å². The number of hydrogen-bond acceptors (Lipinski definition) is 7. The first-order valence-corrected chi connectivity index (χ1v) is 9.12. The fourth-order valence-corrected chi connectivity index (χ4v) is 2.16. The lowest BCUT2D eigenvalue weighted by Crippen LogP contribution is -2.34. The maximum absolute atomic E-state index is 12.0. The number of aromatic nitrogens is 2. The van der Waals surface area contributed by atoms with Crippen molar-refractivity contribution >= 4 is 11.8 Å². The molecule has 0 atom stereocenters. The van der Waals surface area contributed by atoms with Crippen LogP contribution in [0.25, 0.3) is 5.70 Å². The van der Waals surface area contributed by atoms with Gasteiger partial charge in [-0.2, -0.15) is 0 Å². The molecule has 152 valence electrons. The van der Waals surface area contributed by atoms with Crippen molar-refractivity contribution in [2.45, 2.75) is 40.0 Å². The second-order valence-corrected chi connectivity index (χ2v) is 6.76. The van der Waals surface area contributed by atoms with E-state index in [0.717, 1.165) is 12.8 Å². The first kappa shape index (κ1) is 22.5. The number of hydrogen-bond donors (Lipinski definition) is 3. The van der Waals surface area contributed by atoms with E-state index in [-0.39, 0.29) is 23.6 Å². The smallest absolute Gasteiger partial charge is 0.409 e. The Morgan fingerprint density at radius 2 is 1.96 bits per heavy atom. The number of ether oxygens (including phenoxy) is 1. The normalized spacial score (nSPS) is 13.9. The van der Waals surface area contributed by atoms with Gasteiger partial charge in [-0.25, -0.2) is 15.6 Å². The predicted molar refractivity (Wildman–Crippen MR) is 105 cm³/mol. The van der Waals surface area contributed by atoms with Crippen molar-refractivity contribution in [1.82, 2.24) is 19.9 Å². The van der Waals surface area contributed by atoms with Crippen LogP contribution in [0.15, 0.2) is 16.7 Å². The monoisotopic (exact) mass is 380 g/mol. The molecule has 1 saturated carbocycles. The molecule has 9 nitrogen and oxygen atoms in total. The van der Waals surface area contributed by atoms with Crippen LogP contribution in [0.2, 0.25) is 0 Å². The van der Waals surface area contributed by atoms with Crippen molar-refractivity contribution < 1.29 is 9.53 Å². The molecule has 0 radical (unpaired) electrons. The van der Waals surface area contributed by atoms with Gasteiger partial charge in [0.2, 0.25) is 0 Å². The summed E-state index contributed by atoms with van der Waals surface area (Å²) in [5.74, 6) is 6.36. The molecule has 1 heterocycles. The first-order chi connectivity index (χ1) is 12.7. The van der Waals surface area contributed by atoms with Gasteiger partial charge < -0.3 is 25.4 Å². The first-order valence-electron chi connectivity index (χ1n) is 9.12. The van der Waals surface area contributed by atoms with Crippen molar-refractivity contribution in [1.29, 1.82) is 0 Å². The Hall–Kier alpha value is -2.55. The number of nitrogens with two attached hydrogens (primary N) is 2. The Morgan fingerprint density at radius 3 is 2.44 bits per heavy atom. The highest BCUT2D eigenvalue weighted by Gasteiger charge is 2.25. The highest BCUT2D eigenvalue weighted by atomic mass is 16.6. The van der Waals surface area contributed by atoms with Crippen molar-refractivity contribution in [3.05, 3.63) is 33.6 Å². The largest absolute Gasteiger partial charge is 0.443 e. The van der Waals surface area contributed by atoms with E-state index in [1.54, 1.807) is 25.9 Å². The third kappa shape index (κ3) is 7.30. The summed E-state index contributed by atoms with van der Waals surface area (Å²) in [6.07, 6.45) is 4.52. The van der Waals surface area contributed by atoms with E-state index in [1.165, 1.54) is 17.6 Å². The van der Waals surface area contributed by atoms with Gasteiger partial charge in [-0.3, -0.25) is 4.79 Å². The Morgan fingerprint density at radius 1 is 1.37 bits per heavy atom. The predicted octanol–water partition coefficient (Wildman–Crippen LogP) is 1.41. The summed E-state index contributed by atoms with van der Waals surface area (Å²) in [5, 5.41) is 1.27. The Kier molecular flexibility index (Phi) is 8.80. The number of carbonyl (C=O) groups excluding carboxylic acids is 1. The Bertz CT molecular complexity index is 709. The maximum Gasteiger partial charge on any atom is 0.409 e. The summed E-state index contributed by atoms with van der Waals surface area (Å²) in [4.78, 5) is 31.6. The average molecular weight is 380 g/mol. The van der Waals surface area contributed by atoms with Crippen molar-refractivity contribution in [2.75, 3.05) is 27.2 Å². The fourth-order valence-electron chi connectivity index (χ4n) is 2.16. The molecule has 1 fully saturated rings. The van der Waals surface area contributed by atoms with Crippen LogP contribution < -0.4 is 17.1 Å². The minimum Gasteiger partial charge on any atom is -0.443 e. The van der Waals surface area contributed by atoms with Crippen molar-refractivity contribution in [3.63, 3.8) is 0 Å². The number of aromatic amines is 1. The molecule has 0 aliphatic heterocycles. The average Bonchev–Trinajstić information content (AvgIpc) is 3.41. The quantitative estimate of drug-likeness (QED) is 0.502. The summed E-state index contributed by atoms with van der Waals surface area (Å²) >= 11 is 0. The number of likely N-dealkylation sites (N-methyl/N-ethyl adjacent to an activating group) is 1. The van der Waals surface area contributed by atoms with E-state index in [9.17, 15) is 9.59 Å². The molecule has 2 rings (SSSR count). The number of nitrogens with one attached hydrogen (secondary N) is 1. The molecule has 27 heavy (non-hydrogen) atoms. The number of rotatable bonds is 6. The third-order valence-electron chi connectivity index (χ3n) is 3.84. The van der Waals surface area contributed by atoms with E-state index in [4.69, 9.17) is 16.3 Å². The van der Waals surface area contributed by atoms with Crippen LogP contribution in [-0.2, 0) is 4.74 Å². The van der Waals surface area contributed by atoms with Crippen LogP contribution in [0.5, 0.6) is 0 Å². The lowest BCUT2D eigenvalue weighted by Gasteiger charge is -2.22. The zero-order valence-corrected chi connectivity index (χ0v) is 16.9. The number of hydrazine groups is 1. The molecule has 1 aliphatic carbocycles. The zero-order valence-electron chi connectivity index (χ0n) is 16.9. The van der Waals surface area contributed by atoms with Gasteiger partial charge in [0.15, 0.2) is 0 Å². The van der Waals surface area contributed by atoms with Gasteiger partial charge in [0.1, 0.15) is 18.0 Å². The van der Waals surface area contributed by atoms with E-state index in [1.807, 2.05) is 0 Å². The lowest BCUT2D eigenvalue weighted by atomic mass is 10.2. The van der Waals surface area contributed by atoms with Crippen molar-refractivity contribution in [2.24, 2.45) is 17.5 Å². The molecule has 1 aromatic heterocycles. The standard InChI is InChI=1S/C15H24N6O3.C3H8/c1-9-14(22)18-6-11(19-9)13(16)12(21(3)17)8-24-15(23)20(2)7-10-4-5-10;1-3-2/h6,10H,4-5,7-8,16-17H2,1-3H3,(H,18,22);3H2,1-2H3/b13-12-;. The van der Waals surface area contributed by atoms with E-state index in [0.29, 0.717) is 23.9 Å². The van der Waals surface area contributed by atoms with Crippen LogP contribution in [-0.4, -0.2) is 53.2 Å². The van der Waals surface area contributed by atoms with Gasteiger partial charge in [0, 0.05) is 26.8 Å². The summed E-state index contributed by atoms with van der Waals surface area (Å²) in [7, 11) is 3.29. The number of carbonyl (C=O) groups is 1. The second-order valence-electron chi connectivity index (χ2n) is 6.76. The van der Waals surface area contributed by atoms with Crippen LogP contribution in [0, 0.1) is 12.8 Å². The Balaban J connectivity index is 0.00000114. The van der Waals surface area contributed by atoms with Gasteiger partial charge in [0.25, 0.3) is 5.56 Å². The maximum atomic E-state index is 12.0. The molecule has 9 heteroatoms. The van der Waals surface area contributed by atoms with Gasteiger partial charge >= 0.3 is 6.09 Å². The highest BCUT2D eigenvalue weighted by Crippen LogP contribution is 2.29. The van der Waals surface area contributed by atoms with Gasteiger partial charge in [-0.15, -0.1) is 0 Å². The molecule has 0 unspecified atom stereocenters. The van der Waals surface area contributed by atoms with E-state index >= 15 is 0 Å². The minimum atomic E-state index is -0.431. The summed E-state index contributed by atoms with van der Waals surface area (Å²) in [5.41, 5.74) is 7.07. The molecule has 1 aromatic rings. The van der Waals surface area contributed by atoms with Crippen LogP contribution in [0.3, 0.4) is 0 Å². The summed E-state index contributed by atoms with van der Waals surface area (Å²) in [6, 6.07) is 0. The summed E-state index contributed by atoms with van der Waals surface area (Å²) in [6.45, 7) is 6.42. The molecule has 0 spiro atoms. The summed E-state index contributed by atoms with van der Waals surface area (Å²) < 4.78 is 5.28. The zero-order chi connectivity index (χ0) is 20.6. The molecule has 1 aliphatic rings. The molecule has 0 aromatic carbocycles. The highest BCUT2D eigenvalue weighted by molar-refractivity contribution is 5.68. The number of H-pyrrole nitrogens is 1. The molecule has 5 N–H and O–H groups in total. The van der Waals surface area contributed by atoms with Gasteiger partial charge in [-0.1, -0.05) is 20.3 Å². The molecular weight excluding hydrogens is 348 g/mol. The minimum absolute atomic E-state index is 0.0907. The lowest BCUT2D eigenvalue weighted by molar-refractivity contribution is 0.112. The van der Waals surface area contributed by atoms with Gasteiger partial charge in [-0.05, 0) is 25.7 Å². The number of amides is 1. The van der Waals surface area contributed by atoms with E-state index in [2.05, 4.69) is 23.8 Å². The SMILES string of the molecule is CCC.Cc1nc(/C(N)=C(\COC(=O)N(C)CC2CC2)N(C)N)c[nH]c1=O. The molecule has 1 amide bonds. The second kappa shape index (κ2) is 10.6. The molecule has 0 saturated heterocycles. The van der Waals surface area contributed by atoms with E-state index < -0.39 is 6.09 Å². The fraction of sp³-hybridized carbons (Fsp3) is 0.611.